The number of carbonyl (C=O) groups is 1. The van der Waals surface area contributed by atoms with Crippen molar-refractivity contribution in [1.29, 1.82) is 0 Å². The molecular weight excluding hydrogens is 272 g/mol. The lowest BCUT2D eigenvalue weighted by Gasteiger charge is -2.21. The molecule has 0 spiro atoms. The van der Waals surface area contributed by atoms with Gasteiger partial charge in [0.15, 0.2) is 5.65 Å². The van der Waals surface area contributed by atoms with E-state index in [0.717, 1.165) is 31.3 Å². The SMILES string of the molecule is CC(Nc1nc(NN)nc2[nH]ncc12)C(=O)N1CCCC1. The van der Waals surface area contributed by atoms with Crippen LogP contribution < -0.4 is 16.6 Å². The Labute approximate surface area is 121 Å². The third kappa shape index (κ3) is 2.59. The topological polar surface area (TPSA) is 125 Å². The van der Waals surface area contributed by atoms with Crippen LogP contribution in [0.2, 0.25) is 0 Å². The Morgan fingerprint density at radius 1 is 1.43 bits per heavy atom. The second-order valence-electron chi connectivity index (χ2n) is 5.07. The van der Waals surface area contributed by atoms with E-state index in [4.69, 9.17) is 5.84 Å². The number of amides is 1. The fourth-order valence-corrected chi connectivity index (χ4v) is 2.49. The van der Waals surface area contributed by atoms with Crippen LogP contribution in [0.25, 0.3) is 11.0 Å². The lowest BCUT2D eigenvalue weighted by Crippen LogP contribution is -2.39. The van der Waals surface area contributed by atoms with Crippen molar-refractivity contribution in [3.05, 3.63) is 6.20 Å². The van der Waals surface area contributed by atoms with Crippen molar-refractivity contribution < 1.29 is 4.79 Å². The molecule has 1 amide bonds. The van der Waals surface area contributed by atoms with Gasteiger partial charge in [-0.2, -0.15) is 15.1 Å². The molecule has 0 radical (unpaired) electrons. The zero-order valence-electron chi connectivity index (χ0n) is 11.8. The minimum atomic E-state index is -0.373. The van der Waals surface area contributed by atoms with E-state index in [1.54, 1.807) is 6.20 Å². The van der Waals surface area contributed by atoms with Gasteiger partial charge in [0.1, 0.15) is 11.9 Å². The normalized spacial score (nSPS) is 16.2. The maximum atomic E-state index is 12.3. The number of carbonyl (C=O) groups excluding carboxylic acids is 1. The van der Waals surface area contributed by atoms with E-state index in [1.165, 1.54) is 0 Å². The summed E-state index contributed by atoms with van der Waals surface area (Å²) in [6, 6.07) is -0.373. The Kier molecular flexibility index (Phi) is 3.57. The van der Waals surface area contributed by atoms with Gasteiger partial charge in [0, 0.05) is 13.1 Å². The molecule has 1 aliphatic heterocycles. The highest BCUT2D eigenvalue weighted by Crippen LogP contribution is 2.21. The summed E-state index contributed by atoms with van der Waals surface area (Å²) < 4.78 is 0. The van der Waals surface area contributed by atoms with Crippen molar-refractivity contribution in [1.82, 2.24) is 25.1 Å². The number of nitrogens with one attached hydrogen (secondary N) is 3. The molecule has 9 nitrogen and oxygen atoms in total. The van der Waals surface area contributed by atoms with Crippen LogP contribution in [0.4, 0.5) is 11.8 Å². The van der Waals surface area contributed by atoms with Gasteiger partial charge in [0.25, 0.3) is 0 Å². The molecule has 1 fully saturated rings. The number of aromatic nitrogens is 4. The monoisotopic (exact) mass is 290 g/mol. The van der Waals surface area contributed by atoms with Crippen LogP contribution >= 0.6 is 0 Å². The standard InChI is InChI=1S/C12H18N8O/c1-7(11(21)20-4-2-3-5-20)15-9-8-6-14-19-10(8)17-12(16-9)18-13/h6-7H,2-5,13H2,1H3,(H3,14,15,16,17,18,19). The zero-order valence-corrected chi connectivity index (χ0v) is 11.8. The number of nitrogens with two attached hydrogens (primary N) is 1. The molecule has 9 heteroatoms. The number of rotatable bonds is 4. The average Bonchev–Trinajstić information content (AvgIpc) is 3.17. The number of hydrogen-bond donors (Lipinski definition) is 4. The number of hydrogen-bond acceptors (Lipinski definition) is 7. The summed E-state index contributed by atoms with van der Waals surface area (Å²) in [5, 5.41) is 10.5. The van der Waals surface area contributed by atoms with Crippen LogP contribution in [0.3, 0.4) is 0 Å². The Balaban J connectivity index is 1.83. The van der Waals surface area contributed by atoms with E-state index in [0.29, 0.717) is 11.5 Å². The third-order valence-corrected chi connectivity index (χ3v) is 3.58. The molecule has 5 N–H and O–H groups in total. The van der Waals surface area contributed by atoms with Gasteiger partial charge < -0.3 is 10.2 Å². The third-order valence-electron chi connectivity index (χ3n) is 3.58. The second kappa shape index (κ2) is 5.52. The fraction of sp³-hybridized carbons (Fsp3) is 0.500. The van der Waals surface area contributed by atoms with Gasteiger partial charge in [-0.3, -0.25) is 15.3 Å². The Morgan fingerprint density at radius 2 is 2.19 bits per heavy atom. The molecule has 0 saturated carbocycles. The fourth-order valence-electron chi connectivity index (χ4n) is 2.49. The molecule has 3 heterocycles. The molecule has 3 rings (SSSR count). The van der Waals surface area contributed by atoms with Crippen molar-refractivity contribution in [2.75, 3.05) is 23.8 Å². The first-order valence-corrected chi connectivity index (χ1v) is 6.92. The summed E-state index contributed by atoms with van der Waals surface area (Å²) in [6.07, 6.45) is 3.75. The van der Waals surface area contributed by atoms with Crippen LogP contribution in [0, 0.1) is 0 Å². The summed E-state index contributed by atoms with van der Waals surface area (Å²) in [6.45, 7) is 3.47. The molecule has 1 unspecified atom stereocenters. The summed E-state index contributed by atoms with van der Waals surface area (Å²) in [5.41, 5.74) is 2.96. The zero-order chi connectivity index (χ0) is 14.8. The first-order valence-electron chi connectivity index (χ1n) is 6.92. The summed E-state index contributed by atoms with van der Waals surface area (Å²) >= 11 is 0. The molecule has 1 saturated heterocycles. The van der Waals surface area contributed by atoms with Gasteiger partial charge in [-0.15, -0.1) is 0 Å². The number of anilines is 2. The second-order valence-corrected chi connectivity index (χ2v) is 5.07. The molecule has 2 aromatic rings. The van der Waals surface area contributed by atoms with E-state index in [2.05, 4.69) is 30.9 Å². The smallest absolute Gasteiger partial charge is 0.244 e. The minimum absolute atomic E-state index is 0.0741. The van der Waals surface area contributed by atoms with Crippen molar-refractivity contribution in [3.8, 4) is 0 Å². The quantitative estimate of drug-likeness (QED) is 0.463. The van der Waals surface area contributed by atoms with E-state index in [9.17, 15) is 4.79 Å². The van der Waals surface area contributed by atoms with Gasteiger partial charge >= 0.3 is 0 Å². The molecular formula is C12H18N8O. The lowest BCUT2D eigenvalue weighted by atomic mass is 10.2. The van der Waals surface area contributed by atoms with Gasteiger partial charge in [-0.25, -0.2) is 5.84 Å². The van der Waals surface area contributed by atoms with Crippen LogP contribution in [-0.4, -0.2) is 50.1 Å². The van der Waals surface area contributed by atoms with Crippen molar-refractivity contribution in [2.24, 2.45) is 5.84 Å². The van der Waals surface area contributed by atoms with Gasteiger partial charge in [0.2, 0.25) is 11.9 Å². The van der Waals surface area contributed by atoms with E-state index < -0.39 is 0 Å². The van der Waals surface area contributed by atoms with Gasteiger partial charge in [0.05, 0.1) is 11.6 Å². The molecule has 21 heavy (non-hydrogen) atoms. The minimum Gasteiger partial charge on any atom is -0.358 e. The highest BCUT2D eigenvalue weighted by atomic mass is 16.2. The van der Waals surface area contributed by atoms with Crippen LogP contribution in [0.1, 0.15) is 19.8 Å². The van der Waals surface area contributed by atoms with Crippen molar-refractivity contribution in [2.45, 2.75) is 25.8 Å². The average molecular weight is 290 g/mol. The molecule has 0 aromatic carbocycles. The first kappa shape index (κ1) is 13.6. The first-order chi connectivity index (χ1) is 10.2. The predicted molar refractivity (Wildman–Crippen MR) is 78.4 cm³/mol. The number of likely N-dealkylation sites (tertiary alicyclic amines) is 1. The summed E-state index contributed by atoms with van der Waals surface area (Å²) in [5.74, 6) is 6.22. The molecule has 1 aliphatic rings. The number of H-pyrrole nitrogens is 1. The number of nitrogens with zero attached hydrogens (tertiary/aromatic N) is 4. The number of aromatic amines is 1. The van der Waals surface area contributed by atoms with Crippen molar-refractivity contribution in [3.63, 3.8) is 0 Å². The van der Waals surface area contributed by atoms with E-state index in [-0.39, 0.29) is 17.9 Å². The van der Waals surface area contributed by atoms with Crippen LogP contribution in [0.5, 0.6) is 0 Å². The largest absolute Gasteiger partial charge is 0.358 e. The van der Waals surface area contributed by atoms with Gasteiger partial charge in [-0.1, -0.05) is 0 Å². The Hall–Kier alpha value is -2.42. The summed E-state index contributed by atoms with van der Waals surface area (Å²) in [4.78, 5) is 22.6. The Bertz CT molecular complexity index is 648. The molecule has 2 aromatic heterocycles. The molecule has 112 valence electrons. The highest BCUT2D eigenvalue weighted by molar-refractivity contribution is 5.91. The molecule has 1 atom stereocenters. The maximum absolute atomic E-state index is 12.3. The molecule has 0 aliphatic carbocycles. The Morgan fingerprint density at radius 3 is 2.90 bits per heavy atom. The lowest BCUT2D eigenvalue weighted by molar-refractivity contribution is -0.130. The molecule has 0 bridgehead atoms. The van der Waals surface area contributed by atoms with Gasteiger partial charge in [-0.05, 0) is 19.8 Å². The van der Waals surface area contributed by atoms with E-state index in [1.807, 2.05) is 11.8 Å². The van der Waals surface area contributed by atoms with Crippen LogP contribution in [-0.2, 0) is 4.79 Å². The number of nitrogen functional groups attached to an aromatic ring is 1. The summed E-state index contributed by atoms with van der Waals surface area (Å²) in [7, 11) is 0. The van der Waals surface area contributed by atoms with Crippen LogP contribution in [0.15, 0.2) is 6.20 Å². The number of fused-ring (bicyclic) bond motifs is 1. The van der Waals surface area contributed by atoms with E-state index >= 15 is 0 Å². The number of hydrazine groups is 1. The highest BCUT2D eigenvalue weighted by Gasteiger charge is 2.24. The maximum Gasteiger partial charge on any atom is 0.244 e. The predicted octanol–water partition coefficient (Wildman–Crippen LogP) is 0.0613. The van der Waals surface area contributed by atoms with Crippen molar-refractivity contribution >= 4 is 28.7 Å².